The summed E-state index contributed by atoms with van der Waals surface area (Å²) in [7, 11) is -3.41. The maximum absolute atomic E-state index is 14.1. The Balaban J connectivity index is 1.61. The number of halogens is 3. The number of rotatable bonds is 7. The fourth-order valence-corrected chi connectivity index (χ4v) is 4.94. The van der Waals surface area contributed by atoms with Gasteiger partial charge in [-0.1, -0.05) is 6.92 Å². The van der Waals surface area contributed by atoms with Crippen LogP contribution in [0.25, 0.3) is 0 Å². The summed E-state index contributed by atoms with van der Waals surface area (Å²) in [5.41, 5.74) is 0.616. The summed E-state index contributed by atoms with van der Waals surface area (Å²) in [6, 6.07) is 6.93. The van der Waals surface area contributed by atoms with E-state index in [4.69, 9.17) is 0 Å². The molecule has 3 rings (SSSR count). The summed E-state index contributed by atoms with van der Waals surface area (Å²) in [5.74, 6) is -3.01. The van der Waals surface area contributed by atoms with E-state index in [0.717, 1.165) is 0 Å². The first kappa shape index (κ1) is 24.1. The Morgan fingerprint density at radius 1 is 1.03 bits per heavy atom. The van der Waals surface area contributed by atoms with Gasteiger partial charge in [-0.25, -0.2) is 21.6 Å². The molecule has 1 aliphatic heterocycles. The SMILES string of the molecule is CCCS(=O)(=O)Nc1ccc(C(=O)N2CCN(C(C)c3c(F)cc(F)cc3F)CC2)cc1. The summed E-state index contributed by atoms with van der Waals surface area (Å²) >= 11 is 0. The smallest absolute Gasteiger partial charge is 0.253 e. The van der Waals surface area contributed by atoms with Crippen LogP contribution in [0.4, 0.5) is 18.9 Å². The van der Waals surface area contributed by atoms with Gasteiger partial charge < -0.3 is 4.90 Å². The van der Waals surface area contributed by atoms with Gasteiger partial charge in [0.15, 0.2) is 0 Å². The highest BCUT2D eigenvalue weighted by Crippen LogP contribution is 2.28. The van der Waals surface area contributed by atoms with E-state index in [0.29, 0.717) is 56.0 Å². The average Bonchev–Trinajstić information content (AvgIpc) is 2.72. The summed E-state index contributed by atoms with van der Waals surface area (Å²) in [5, 5.41) is 0. The Hall–Kier alpha value is -2.59. The van der Waals surface area contributed by atoms with Gasteiger partial charge in [0.05, 0.1) is 5.75 Å². The monoisotopic (exact) mass is 469 g/mol. The third kappa shape index (κ3) is 5.60. The molecule has 0 aromatic heterocycles. The van der Waals surface area contributed by atoms with Gasteiger partial charge in [0.1, 0.15) is 17.5 Å². The highest BCUT2D eigenvalue weighted by atomic mass is 32.2. The Labute approximate surface area is 186 Å². The minimum Gasteiger partial charge on any atom is -0.336 e. The molecule has 0 radical (unpaired) electrons. The Kier molecular flexibility index (Phi) is 7.45. The third-order valence-corrected chi connectivity index (χ3v) is 6.98. The van der Waals surface area contributed by atoms with Crippen LogP contribution in [0.5, 0.6) is 0 Å². The van der Waals surface area contributed by atoms with Gasteiger partial charge >= 0.3 is 0 Å². The highest BCUT2D eigenvalue weighted by molar-refractivity contribution is 7.92. The Morgan fingerprint density at radius 2 is 1.59 bits per heavy atom. The van der Waals surface area contributed by atoms with Crippen LogP contribution in [-0.2, 0) is 10.0 Å². The van der Waals surface area contributed by atoms with Crippen LogP contribution < -0.4 is 4.72 Å². The molecule has 1 heterocycles. The number of carbonyl (C=O) groups excluding carboxylic acids is 1. The number of nitrogens with one attached hydrogen (secondary N) is 1. The first-order valence-electron chi connectivity index (χ1n) is 10.4. The maximum Gasteiger partial charge on any atom is 0.253 e. The molecule has 0 bridgehead atoms. The second kappa shape index (κ2) is 9.91. The first-order valence-corrected chi connectivity index (χ1v) is 12.0. The standard InChI is InChI=1S/C22H26F3N3O3S/c1-3-12-32(30,31)26-18-6-4-16(5-7-18)22(29)28-10-8-27(9-11-28)15(2)21-19(24)13-17(23)14-20(21)25/h4-7,13-15,26H,3,8-12H2,1-2H3. The van der Waals surface area contributed by atoms with E-state index in [1.165, 1.54) is 0 Å². The molecule has 1 amide bonds. The van der Waals surface area contributed by atoms with Crippen molar-refractivity contribution in [3.05, 3.63) is 65.0 Å². The van der Waals surface area contributed by atoms with Crippen molar-refractivity contribution in [1.82, 2.24) is 9.80 Å². The van der Waals surface area contributed by atoms with Crippen molar-refractivity contribution in [2.75, 3.05) is 36.7 Å². The summed E-state index contributed by atoms with van der Waals surface area (Å²) in [4.78, 5) is 16.3. The number of anilines is 1. The molecule has 1 saturated heterocycles. The van der Waals surface area contributed by atoms with Crippen LogP contribution in [0.15, 0.2) is 36.4 Å². The minimum absolute atomic E-state index is 0.0160. The van der Waals surface area contributed by atoms with E-state index in [-0.39, 0.29) is 17.2 Å². The van der Waals surface area contributed by atoms with Gasteiger partial charge in [0, 0.05) is 61.2 Å². The van der Waals surface area contributed by atoms with Gasteiger partial charge in [-0.3, -0.25) is 14.4 Å². The van der Waals surface area contributed by atoms with Crippen LogP contribution in [0.3, 0.4) is 0 Å². The molecule has 2 aromatic carbocycles. The number of amides is 1. The largest absolute Gasteiger partial charge is 0.336 e. The maximum atomic E-state index is 14.1. The molecule has 0 saturated carbocycles. The lowest BCUT2D eigenvalue weighted by Gasteiger charge is -2.38. The van der Waals surface area contributed by atoms with Gasteiger partial charge in [-0.15, -0.1) is 0 Å². The highest BCUT2D eigenvalue weighted by Gasteiger charge is 2.28. The second-order valence-electron chi connectivity index (χ2n) is 7.79. The first-order chi connectivity index (χ1) is 15.1. The molecule has 0 aliphatic carbocycles. The van der Waals surface area contributed by atoms with E-state index >= 15 is 0 Å². The molecule has 1 N–H and O–H groups in total. The van der Waals surface area contributed by atoms with Gasteiger partial charge in [0.2, 0.25) is 10.0 Å². The van der Waals surface area contributed by atoms with E-state index in [9.17, 15) is 26.4 Å². The normalized spacial score (nSPS) is 16.1. The van der Waals surface area contributed by atoms with Crippen molar-refractivity contribution < 1.29 is 26.4 Å². The molecule has 0 spiro atoms. The molecular formula is C22H26F3N3O3S. The number of hydrogen-bond donors (Lipinski definition) is 1. The molecule has 10 heteroatoms. The Bertz CT molecular complexity index is 1050. The number of hydrogen-bond acceptors (Lipinski definition) is 4. The number of piperazine rings is 1. The molecule has 1 fully saturated rings. The zero-order valence-corrected chi connectivity index (χ0v) is 18.8. The molecule has 1 atom stereocenters. The topological polar surface area (TPSA) is 69.7 Å². The van der Waals surface area contributed by atoms with E-state index in [1.807, 2.05) is 4.90 Å². The van der Waals surface area contributed by atoms with Crippen LogP contribution >= 0.6 is 0 Å². The van der Waals surface area contributed by atoms with Crippen molar-refractivity contribution >= 4 is 21.6 Å². The molecule has 1 unspecified atom stereocenters. The lowest BCUT2D eigenvalue weighted by molar-refractivity contribution is 0.0575. The molecular weight excluding hydrogens is 443 g/mol. The van der Waals surface area contributed by atoms with Gasteiger partial charge in [-0.05, 0) is 37.6 Å². The average molecular weight is 470 g/mol. The lowest BCUT2D eigenvalue weighted by atomic mass is 10.0. The minimum atomic E-state index is -3.41. The number of nitrogens with zero attached hydrogens (tertiary/aromatic N) is 2. The number of benzene rings is 2. The molecule has 1 aliphatic rings. The van der Waals surface area contributed by atoms with Crippen molar-refractivity contribution in [3.63, 3.8) is 0 Å². The van der Waals surface area contributed by atoms with Gasteiger partial charge in [-0.2, -0.15) is 0 Å². The summed E-state index contributed by atoms with van der Waals surface area (Å²) < 4.78 is 67.6. The van der Waals surface area contributed by atoms with E-state index in [1.54, 1.807) is 43.0 Å². The Morgan fingerprint density at radius 3 is 2.12 bits per heavy atom. The summed E-state index contributed by atoms with van der Waals surface area (Å²) in [6.45, 7) is 4.94. The third-order valence-electron chi connectivity index (χ3n) is 5.49. The number of sulfonamides is 1. The second-order valence-corrected chi connectivity index (χ2v) is 9.63. The zero-order chi connectivity index (χ0) is 23.5. The van der Waals surface area contributed by atoms with Gasteiger partial charge in [0.25, 0.3) is 5.91 Å². The number of carbonyl (C=O) groups is 1. The summed E-state index contributed by atoms with van der Waals surface area (Å²) in [6.07, 6.45) is 0.497. The molecule has 6 nitrogen and oxygen atoms in total. The zero-order valence-electron chi connectivity index (χ0n) is 17.9. The lowest BCUT2D eigenvalue weighted by Crippen LogP contribution is -2.49. The predicted molar refractivity (Wildman–Crippen MR) is 116 cm³/mol. The molecule has 2 aromatic rings. The predicted octanol–water partition coefficient (Wildman–Crippen LogP) is 3.77. The van der Waals surface area contributed by atoms with Crippen molar-refractivity contribution in [1.29, 1.82) is 0 Å². The van der Waals surface area contributed by atoms with Crippen molar-refractivity contribution in [3.8, 4) is 0 Å². The van der Waals surface area contributed by atoms with Crippen molar-refractivity contribution in [2.24, 2.45) is 0 Å². The molecule has 32 heavy (non-hydrogen) atoms. The fraction of sp³-hybridized carbons (Fsp3) is 0.409. The van der Waals surface area contributed by atoms with E-state index < -0.39 is 33.5 Å². The fourth-order valence-electron chi connectivity index (χ4n) is 3.81. The quantitative estimate of drug-likeness (QED) is 0.670. The van der Waals surface area contributed by atoms with Crippen molar-refractivity contribution in [2.45, 2.75) is 26.3 Å². The van der Waals surface area contributed by atoms with Crippen LogP contribution in [0.2, 0.25) is 0 Å². The van der Waals surface area contributed by atoms with E-state index in [2.05, 4.69) is 4.72 Å². The van der Waals surface area contributed by atoms with Crippen LogP contribution in [0.1, 0.15) is 42.2 Å². The van der Waals surface area contributed by atoms with Crippen LogP contribution in [0, 0.1) is 17.5 Å². The molecule has 174 valence electrons. The van der Waals surface area contributed by atoms with Crippen LogP contribution in [-0.4, -0.2) is 56.1 Å².